The fraction of sp³-hybridized carbons (Fsp3) is 0.154. The van der Waals surface area contributed by atoms with Gasteiger partial charge in [-0.05, 0) is 54.8 Å². The molecule has 0 radical (unpaired) electrons. The van der Waals surface area contributed by atoms with Gasteiger partial charge >= 0.3 is 0 Å². The highest BCUT2D eigenvalue weighted by Crippen LogP contribution is 2.40. The van der Waals surface area contributed by atoms with Gasteiger partial charge in [0.15, 0.2) is 0 Å². The number of rotatable bonds is 4. The fourth-order valence-electron chi connectivity index (χ4n) is 4.25. The van der Waals surface area contributed by atoms with Crippen LogP contribution in [0.3, 0.4) is 0 Å². The smallest absolute Gasteiger partial charge is 0.258 e. The minimum Gasteiger partial charge on any atom is -0.321 e. The van der Waals surface area contributed by atoms with Crippen LogP contribution in [0.4, 0.5) is 10.7 Å². The predicted molar refractivity (Wildman–Crippen MR) is 127 cm³/mol. The second kappa shape index (κ2) is 8.00. The Bertz CT molecular complexity index is 1320. The zero-order valence-corrected chi connectivity index (χ0v) is 18.0. The van der Waals surface area contributed by atoms with Gasteiger partial charge in [-0.3, -0.25) is 9.59 Å². The van der Waals surface area contributed by atoms with E-state index in [4.69, 9.17) is 0 Å². The van der Waals surface area contributed by atoms with Crippen LogP contribution in [0.5, 0.6) is 0 Å². The van der Waals surface area contributed by atoms with Crippen molar-refractivity contribution in [2.45, 2.75) is 26.2 Å². The van der Waals surface area contributed by atoms with E-state index < -0.39 is 0 Å². The van der Waals surface area contributed by atoms with Gasteiger partial charge in [-0.1, -0.05) is 54.6 Å². The van der Waals surface area contributed by atoms with Gasteiger partial charge in [0.05, 0.1) is 5.56 Å². The molecule has 1 heterocycles. The van der Waals surface area contributed by atoms with Crippen LogP contribution in [0.25, 0.3) is 10.8 Å². The van der Waals surface area contributed by atoms with Gasteiger partial charge < -0.3 is 10.6 Å². The Kier molecular flexibility index (Phi) is 5.04. The molecule has 0 fully saturated rings. The molecule has 0 bridgehead atoms. The number of hydrogen-bond donors (Lipinski definition) is 2. The monoisotopic (exact) mass is 426 g/mol. The van der Waals surface area contributed by atoms with E-state index in [1.165, 1.54) is 16.2 Å². The molecule has 5 rings (SSSR count). The summed E-state index contributed by atoms with van der Waals surface area (Å²) in [6.07, 6.45) is 2.86. The molecule has 0 spiro atoms. The fourth-order valence-corrected chi connectivity index (χ4v) is 5.53. The Morgan fingerprint density at radius 1 is 0.839 bits per heavy atom. The number of aryl methyl sites for hydroxylation is 2. The first-order valence-corrected chi connectivity index (χ1v) is 11.2. The van der Waals surface area contributed by atoms with Crippen molar-refractivity contribution in [3.05, 3.63) is 93.9 Å². The molecule has 1 aliphatic carbocycles. The molecule has 0 atom stereocenters. The van der Waals surface area contributed by atoms with E-state index in [-0.39, 0.29) is 11.8 Å². The SMILES string of the molecule is Cc1ccccc1C(=O)Nc1sc2c(c1C(=O)Nc1cccc3ccccc13)CCC2. The van der Waals surface area contributed by atoms with E-state index in [1.807, 2.05) is 73.7 Å². The van der Waals surface area contributed by atoms with E-state index in [0.717, 1.165) is 46.8 Å². The molecule has 0 aliphatic heterocycles. The van der Waals surface area contributed by atoms with Crippen LogP contribution >= 0.6 is 11.3 Å². The Balaban J connectivity index is 1.49. The van der Waals surface area contributed by atoms with Gasteiger partial charge in [0.25, 0.3) is 11.8 Å². The lowest BCUT2D eigenvalue weighted by Crippen LogP contribution is -2.18. The number of nitrogens with one attached hydrogen (secondary N) is 2. The molecular weight excluding hydrogens is 404 g/mol. The number of carbonyl (C=O) groups excluding carboxylic acids is 2. The van der Waals surface area contributed by atoms with Crippen LogP contribution in [0, 0.1) is 6.92 Å². The van der Waals surface area contributed by atoms with E-state index in [1.54, 1.807) is 0 Å². The first-order chi connectivity index (χ1) is 15.1. The Morgan fingerprint density at radius 3 is 2.48 bits per heavy atom. The lowest BCUT2D eigenvalue weighted by atomic mass is 10.1. The molecule has 1 aromatic heterocycles. The summed E-state index contributed by atoms with van der Waals surface area (Å²) in [5, 5.41) is 8.82. The molecule has 0 saturated carbocycles. The number of benzene rings is 3. The second-order valence-electron chi connectivity index (χ2n) is 7.81. The van der Waals surface area contributed by atoms with Crippen molar-refractivity contribution in [2.75, 3.05) is 10.6 Å². The number of anilines is 2. The highest BCUT2D eigenvalue weighted by atomic mass is 32.1. The first kappa shape index (κ1) is 19.5. The van der Waals surface area contributed by atoms with Gasteiger partial charge in [0.2, 0.25) is 0 Å². The maximum atomic E-state index is 13.4. The Hall–Kier alpha value is -3.44. The minimum atomic E-state index is -0.183. The summed E-state index contributed by atoms with van der Waals surface area (Å²) in [4.78, 5) is 27.6. The Labute approximate surface area is 184 Å². The van der Waals surface area contributed by atoms with Crippen molar-refractivity contribution >= 4 is 44.6 Å². The maximum Gasteiger partial charge on any atom is 0.258 e. The highest BCUT2D eigenvalue weighted by Gasteiger charge is 2.28. The largest absolute Gasteiger partial charge is 0.321 e. The van der Waals surface area contributed by atoms with Crippen LogP contribution < -0.4 is 10.6 Å². The van der Waals surface area contributed by atoms with Crippen molar-refractivity contribution in [2.24, 2.45) is 0 Å². The van der Waals surface area contributed by atoms with Crippen LogP contribution in [0.1, 0.15) is 43.1 Å². The topological polar surface area (TPSA) is 58.2 Å². The average molecular weight is 427 g/mol. The highest BCUT2D eigenvalue weighted by molar-refractivity contribution is 7.17. The van der Waals surface area contributed by atoms with Gasteiger partial charge in [-0.25, -0.2) is 0 Å². The first-order valence-electron chi connectivity index (χ1n) is 10.4. The molecule has 0 unspecified atom stereocenters. The average Bonchev–Trinajstić information content (AvgIpc) is 3.35. The van der Waals surface area contributed by atoms with E-state index >= 15 is 0 Å². The van der Waals surface area contributed by atoms with Gasteiger partial charge in [-0.15, -0.1) is 11.3 Å². The third kappa shape index (κ3) is 3.62. The van der Waals surface area contributed by atoms with Crippen molar-refractivity contribution in [1.29, 1.82) is 0 Å². The summed E-state index contributed by atoms with van der Waals surface area (Å²) < 4.78 is 0. The number of fused-ring (bicyclic) bond motifs is 2. The molecule has 2 amide bonds. The maximum absolute atomic E-state index is 13.4. The van der Waals surface area contributed by atoms with Gasteiger partial charge in [-0.2, -0.15) is 0 Å². The zero-order valence-electron chi connectivity index (χ0n) is 17.2. The standard InChI is InChI=1S/C26H22N2O2S/c1-16-8-2-4-11-18(16)24(29)28-26-23(20-13-7-15-22(20)31-26)25(30)27-21-14-6-10-17-9-3-5-12-19(17)21/h2-6,8-12,14H,7,13,15H2,1H3,(H,27,30)(H,28,29). The molecule has 3 aromatic carbocycles. The molecule has 1 aliphatic rings. The van der Waals surface area contributed by atoms with E-state index in [9.17, 15) is 9.59 Å². The molecule has 2 N–H and O–H groups in total. The van der Waals surface area contributed by atoms with E-state index in [2.05, 4.69) is 10.6 Å². The van der Waals surface area contributed by atoms with Crippen LogP contribution in [0.15, 0.2) is 66.7 Å². The lowest BCUT2D eigenvalue weighted by molar-refractivity contribution is 0.102. The van der Waals surface area contributed by atoms with Gasteiger partial charge in [0, 0.05) is 21.5 Å². The number of hydrogen-bond acceptors (Lipinski definition) is 3. The summed E-state index contributed by atoms with van der Waals surface area (Å²) in [5.41, 5.74) is 3.98. The van der Waals surface area contributed by atoms with Crippen molar-refractivity contribution < 1.29 is 9.59 Å². The number of carbonyl (C=O) groups is 2. The molecule has 4 aromatic rings. The number of thiophene rings is 1. The summed E-state index contributed by atoms with van der Waals surface area (Å²) in [6.45, 7) is 1.91. The Morgan fingerprint density at radius 2 is 1.61 bits per heavy atom. The molecule has 154 valence electrons. The van der Waals surface area contributed by atoms with Crippen LogP contribution in [-0.2, 0) is 12.8 Å². The van der Waals surface area contributed by atoms with E-state index in [0.29, 0.717) is 16.1 Å². The second-order valence-corrected chi connectivity index (χ2v) is 8.92. The van der Waals surface area contributed by atoms with Crippen molar-refractivity contribution in [3.63, 3.8) is 0 Å². The molecule has 4 nitrogen and oxygen atoms in total. The zero-order chi connectivity index (χ0) is 21.4. The molecule has 31 heavy (non-hydrogen) atoms. The minimum absolute atomic E-state index is 0.171. The summed E-state index contributed by atoms with van der Waals surface area (Å²) >= 11 is 1.53. The lowest BCUT2D eigenvalue weighted by Gasteiger charge is -2.12. The third-order valence-corrected chi connectivity index (χ3v) is 7.01. The van der Waals surface area contributed by atoms with Crippen molar-refractivity contribution in [1.82, 2.24) is 0 Å². The quantitative estimate of drug-likeness (QED) is 0.408. The summed E-state index contributed by atoms with van der Waals surface area (Å²) in [6, 6.07) is 21.4. The number of amides is 2. The van der Waals surface area contributed by atoms with Crippen molar-refractivity contribution in [3.8, 4) is 0 Å². The normalized spacial score (nSPS) is 12.5. The van der Waals surface area contributed by atoms with Gasteiger partial charge in [0.1, 0.15) is 5.00 Å². The molecule has 5 heteroatoms. The molecular formula is C26H22N2O2S. The molecule has 0 saturated heterocycles. The third-order valence-electron chi connectivity index (χ3n) is 5.80. The summed E-state index contributed by atoms with van der Waals surface area (Å²) in [5.74, 6) is -0.354. The summed E-state index contributed by atoms with van der Waals surface area (Å²) in [7, 11) is 0. The van der Waals surface area contributed by atoms with Crippen LogP contribution in [-0.4, -0.2) is 11.8 Å². The van der Waals surface area contributed by atoms with Crippen LogP contribution in [0.2, 0.25) is 0 Å². The predicted octanol–water partition coefficient (Wildman–Crippen LogP) is 6.20.